The van der Waals surface area contributed by atoms with Crippen molar-refractivity contribution in [2.24, 2.45) is 5.10 Å². The van der Waals surface area contributed by atoms with Crippen LogP contribution in [0, 0.1) is 0 Å². The molecule has 0 spiro atoms. The number of anilines is 2. The number of ether oxygens (including phenoxy) is 2. The van der Waals surface area contributed by atoms with E-state index in [2.05, 4.69) is 10.5 Å². The van der Waals surface area contributed by atoms with Crippen LogP contribution in [0.1, 0.15) is 27.0 Å². The highest BCUT2D eigenvalue weighted by molar-refractivity contribution is 5.96. The van der Waals surface area contributed by atoms with Gasteiger partial charge in [0, 0.05) is 36.7 Å². The Morgan fingerprint density at radius 3 is 2.32 bits per heavy atom. The van der Waals surface area contributed by atoms with Gasteiger partial charge in [0.1, 0.15) is 0 Å². The molecule has 0 saturated heterocycles. The molecule has 25 heavy (non-hydrogen) atoms. The van der Waals surface area contributed by atoms with Gasteiger partial charge in [0.15, 0.2) is 0 Å². The molecular weight excluding hydrogens is 320 g/mol. The van der Waals surface area contributed by atoms with Crippen LogP contribution in [0.5, 0.6) is 0 Å². The van der Waals surface area contributed by atoms with Crippen molar-refractivity contribution in [3.63, 3.8) is 0 Å². The molecule has 7 nitrogen and oxygen atoms in total. The lowest BCUT2D eigenvalue weighted by molar-refractivity contribution is 0.0950. The summed E-state index contributed by atoms with van der Waals surface area (Å²) in [5.74, 6) is -0.341. The minimum Gasteiger partial charge on any atom is -0.399 e. The van der Waals surface area contributed by atoms with Gasteiger partial charge in [-0.2, -0.15) is 5.10 Å². The summed E-state index contributed by atoms with van der Waals surface area (Å²) in [6.45, 7) is 0.684. The number of hydrazone groups is 1. The van der Waals surface area contributed by atoms with Crippen molar-refractivity contribution in [1.29, 1.82) is 0 Å². The molecule has 7 heteroatoms. The first-order valence-electron chi connectivity index (χ1n) is 7.63. The fourth-order valence-electron chi connectivity index (χ4n) is 2.36. The fourth-order valence-corrected chi connectivity index (χ4v) is 2.36. The topological polar surface area (TPSA) is 112 Å². The molecule has 2 aromatic carbocycles. The number of benzene rings is 2. The second kappa shape index (κ2) is 8.81. The number of nitrogen functional groups attached to an aromatic ring is 2. The molecule has 1 amide bonds. The van der Waals surface area contributed by atoms with Crippen molar-refractivity contribution in [1.82, 2.24) is 5.43 Å². The van der Waals surface area contributed by atoms with E-state index in [1.54, 1.807) is 44.7 Å². The molecule has 0 heterocycles. The highest BCUT2D eigenvalue weighted by atomic mass is 16.5. The van der Waals surface area contributed by atoms with Gasteiger partial charge < -0.3 is 20.9 Å². The molecular formula is C18H22N4O3. The average molecular weight is 342 g/mol. The highest BCUT2D eigenvalue weighted by Crippen LogP contribution is 2.15. The Balaban J connectivity index is 2.14. The summed E-state index contributed by atoms with van der Waals surface area (Å²) in [4.78, 5) is 12.3. The first-order valence-corrected chi connectivity index (χ1v) is 7.63. The van der Waals surface area contributed by atoms with Crippen molar-refractivity contribution in [3.8, 4) is 0 Å². The molecule has 0 atom stereocenters. The maximum Gasteiger partial charge on any atom is 0.271 e. The predicted octanol–water partition coefficient (Wildman–Crippen LogP) is 1.91. The second-order valence-corrected chi connectivity index (χ2v) is 5.44. The zero-order chi connectivity index (χ0) is 18.2. The summed E-state index contributed by atoms with van der Waals surface area (Å²) in [6.07, 6.45) is 1.55. The van der Waals surface area contributed by atoms with Gasteiger partial charge >= 0.3 is 0 Å². The van der Waals surface area contributed by atoms with Gasteiger partial charge in [0.05, 0.1) is 19.4 Å². The third kappa shape index (κ3) is 5.03. The molecule has 0 saturated carbocycles. The van der Waals surface area contributed by atoms with E-state index in [0.717, 1.165) is 11.1 Å². The monoisotopic (exact) mass is 342 g/mol. The van der Waals surface area contributed by atoms with E-state index in [1.807, 2.05) is 12.1 Å². The van der Waals surface area contributed by atoms with E-state index >= 15 is 0 Å². The van der Waals surface area contributed by atoms with E-state index in [-0.39, 0.29) is 12.5 Å². The third-order valence-electron chi connectivity index (χ3n) is 3.51. The number of amides is 1. The summed E-state index contributed by atoms with van der Waals surface area (Å²) >= 11 is 0. The Morgan fingerprint density at radius 2 is 1.64 bits per heavy atom. The Hall–Kier alpha value is -2.90. The van der Waals surface area contributed by atoms with Crippen LogP contribution >= 0.6 is 0 Å². The standard InChI is InChI=1S/C18H22N4O3/c1-24-10-13-7-15(19)4-3-12(13)9-21-22-18(23)17-6-5-16(20)8-14(17)11-25-2/h3-9H,10-11,19-20H2,1-2H3,(H,22,23)/b21-9+. The zero-order valence-electron chi connectivity index (χ0n) is 14.3. The minimum atomic E-state index is -0.341. The number of rotatable bonds is 7. The summed E-state index contributed by atoms with van der Waals surface area (Å²) in [5.41, 5.74) is 18.1. The average Bonchev–Trinajstić information content (AvgIpc) is 2.57. The van der Waals surface area contributed by atoms with Crippen molar-refractivity contribution in [2.75, 3.05) is 25.7 Å². The van der Waals surface area contributed by atoms with Crippen LogP contribution in [0.4, 0.5) is 11.4 Å². The minimum absolute atomic E-state index is 0.285. The number of carbonyl (C=O) groups is 1. The number of hydrogen-bond donors (Lipinski definition) is 3. The van der Waals surface area contributed by atoms with Crippen LogP contribution < -0.4 is 16.9 Å². The van der Waals surface area contributed by atoms with Crippen LogP contribution in [0.25, 0.3) is 0 Å². The van der Waals surface area contributed by atoms with Crippen molar-refractivity contribution >= 4 is 23.5 Å². The molecule has 0 unspecified atom stereocenters. The van der Waals surface area contributed by atoms with Crippen molar-refractivity contribution < 1.29 is 14.3 Å². The molecule has 2 aromatic rings. The van der Waals surface area contributed by atoms with Crippen molar-refractivity contribution in [3.05, 3.63) is 58.7 Å². The number of nitrogens with two attached hydrogens (primary N) is 2. The van der Waals surface area contributed by atoms with E-state index in [1.165, 1.54) is 0 Å². The molecule has 0 bridgehead atoms. The van der Waals surface area contributed by atoms with Crippen LogP contribution in [0.15, 0.2) is 41.5 Å². The number of hydrogen-bond acceptors (Lipinski definition) is 6. The van der Waals surface area contributed by atoms with Gasteiger partial charge in [-0.05, 0) is 41.5 Å². The summed E-state index contributed by atoms with van der Waals surface area (Å²) in [7, 11) is 3.16. The maximum absolute atomic E-state index is 12.3. The maximum atomic E-state index is 12.3. The largest absolute Gasteiger partial charge is 0.399 e. The third-order valence-corrected chi connectivity index (χ3v) is 3.51. The molecule has 0 radical (unpaired) electrons. The molecule has 0 aliphatic rings. The lowest BCUT2D eigenvalue weighted by atomic mass is 10.1. The van der Waals surface area contributed by atoms with Crippen LogP contribution in [-0.2, 0) is 22.7 Å². The van der Waals surface area contributed by atoms with E-state index in [9.17, 15) is 4.79 Å². The normalized spacial score (nSPS) is 11.0. The quantitative estimate of drug-likeness (QED) is 0.404. The number of methoxy groups -OCH3 is 2. The highest BCUT2D eigenvalue weighted by Gasteiger charge is 2.11. The summed E-state index contributed by atoms with van der Waals surface area (Å²) in [6, 6.07) is 10.4. The fraction of sp³-hybridized carbons (Fsp3) is 0.222. The number of nitrogens with one attached hydrogen (secondary N) is 1. The van der Waals surface area contributed by atoms with Crippen molar-refractivity contribution in [2.45, 2.75) is 13.2 Å². The molecule has 0 aromatic heterocycles. The SMILES string of the molecule is COCc1cc(N)ccc1/C=N/NC(=O)c1ccc(N)cc1COC. The number of carbonyl (C=O) groups excluding carboxylic acids is 1. The lowest BCUT2D eigenvalue weighted by Gasteiger charge is -2.09. The Morgan fingerprint density at radius 1 is 1.04 bits per heavy atom. The van der Waals surface area contributed by atoms with Crippen LogP contribution in [-0.4, -0.2) is 26.3 Å². The van der Waals surface area contributed by atoms with Gasteiger partial charge in [0.25, 0.3) is 5.91 Å². The lowest BCUT2D eigenvalue weighted by Crippen LogP contribution is -2.20. The van der Waals surface area contributed by atoms with Gasteiger partial charge in [0.2, 0.25) is 0 Å². The molecule has 0 fully saturated rings. The molecule has 0 aliphatic heterocycles. The molecule has 2 rings (SSSR count). The zero-order valence-corrected chi connectivity index (χ0v) is 14.3. The van der Waals surface area contributed by atoms with E-state index < -0.39 is 0 Å². The van der Waals surface area contributed by atoms with Crippen LogP contribution in [0.2, 0.25) is 0 Å². The molecule has 5 N–H and O–H groups in total. The predicted molar refractivity (Wildman–Crippen MR) is 98.2 cm³/mol. The Labute approximate surface area is 146 Å². The number of nitrogens with zero attached hydrogens (tertiary/aromatic N) is 1. The first kappa shape index (κ1) is 18.4. The van der Waals surface area contributed by atoms with Gasteiger partial charge in [-0.25, -0.2) is 5.43 Å². The summed E-state index contributed by atoms with van der Waals surface area (Å²) < 4.78 is 10.2. The van der Waals surface area contributed by atoms with Gasteiger partial charge in [-0.15, -0.1) is 0 Å². The van der Waals surface area contributed by atoms with Gasteiger partial charge in [-0.3, -0.25) is 4.79 Å². The molecule has 132 valence electrons. The van der Waals surface area contributed by atoms with Gasteiger partial charge in [-0.1, -0.05) is 6.07 Å². The summed E-state index contributed by atoms with van der Waals surface area (Å²) in [5, 5.41) is 4.02. The first-order chi connectivity index (χ1) is 12.0. The molecule has 0 aliphatic carbocycles. The van der Waals surface area contributed by atoms with E-state index in [4.69, 9.17) is 20.9 Å². The Bertz CT molecular complexity index is 775. The van der Waals surface area contributed by atoms with Crippen LogP contribution in [0.3, 0.4) is 0 Å². The Kier molecular flexibility index (Phi) is 6.50. The second-order valence-electron chi connectivity index (χ2n) is 5.44. The smallest absolute Gasteiger partial charge is 0.271 e. The van der Waals surface area contributed by atoms with E-state index in [0.29, 0.717) is 29.1 Å².